The smallest absolute Gasteiger partial charge is 0.131 e. The van der Waals surface area contributed by atoms with E-state index in [1.54, 1.807) is 0 Å². The Kier molecular flexibility index (Phi) is 4.87. The predicted molar refractivity (Wildman–Crippen MR) is 78.3 cm³/mol. The van der Waals surface area contributed by atoms with E-state index in [1.165, 1.54) is 37.8 Å². The van der Waals surface area contributed by atoms with E-state index in [4.69, 9.17) is 11.6 Å². The fraction of sp³-hybridized carbons (Fsp3) is 0.667. The van der Waals surface area contributed by atoms with Crippen LogP contribution < -0.4 is 4.90 Å². The number of hydrogen-bond acceptors (Lipinski definition) is 2. The highest BCUT2D eigenvalue weighted by Gasteiger charge is 2.22. The third kappa shape index (κ3) is 3.61. The number of pyridine rings is 1. The highest BCUT2D eigenvalue weighted by atomic mass is 35.5. The summed E-state index contributed by atoms with van der Waals surface area (Å²) < 4.78 is 0. The van der Waals surface area contributed by atoms with Gasteiger partial charge in [-0.25, -0.2) is 4.98 Å². The van der Waals surface area contributed by atoms with Gasteiger partial charge in [0.2, 0.25) is 0 Å². The Balaban J connectivity index is 2.18. The van der Waals surface area contributed by atoms with E-state index >= 15 is 0 Å². The largest absolute Gasteiger partial charge is 0.368 e. The van der Waals surface area contributed by atoms with Gasteiger partial charge in [0.15, 0.2) is 0 Å². The minimum Gasteiger partial charge on any atom is -0.368 e. The van der Waals surface area contributed by atoms with Gasteiger partial charge in [0, 0.05) is 24.5 Å². The fourth-order valence-electron chi connectivity index (χ4n) is 2.82. The lowest BCUT2D eigenvalue weighted by atomic mass is 9.93. The predicted octanol–water partition coefficient (Wildman–Crippen LogP) is 4.53. The van der Waals surface area contributed by atoms with Crippen molar-refractivity contribution in [3.05, 3.63) is 23.5 Å². The molecule has 0 bridgehead atoms. The Hall–Kier alpha value is -0.760. The van der Waals surface area contributed by atoms with E-state index in [2.05, 4.69) is 29.8 Å². The Morgan fingerprint density at radius 3 is 2.67 bits per heavy atom. The van der Waals surface area contributed by atoms with Crippen LogP contribution in [-0.2, 0) is 0 Å². The van der Waals surface area contributed by atoms with E-state index in [1.807, 2.05) is 12.3 Å². The van der Waals surface area contributed by atoms with E-state index in [0.29, 0.717) is 17.1 Å². The first-order valence-electron chi connectivity index (χ1n) is 7.05. The summed E-state index contributed by atoms with van der Waals surface area (Å²) in [6, 6.07) is 4.76. The molecule has 1 aliphatic carbocycles. The first-order valence-corrected chi connectivity index (χ1v) is 7.43. The van der Waals surface area contributed by atoms with Gasteiger partial charge in [-0.2, -0.15) is 0 Å². The van der Waals surface area contributed by atoms with E-state index in [0.717, 1.165) is 6.54 Å². The van der Waals surface area contributed by atoms with Crippen LogP contribution >= 0.6 is 11.6 Å². The molecule has 1 aromatic rings. The molecule has 0 saturated heterocycles. The van der Waals surface area contributed by atoms with E-state index < -0.39 is 0 Å². The zero-order chi connectivity index (χ0) is 13.0. The molecule has 0 unspecified atom stereocenters. The monoisotopic (exact) mass is 266 g/mol. The lowest BCUT2D eigenvalue weighted by Crippen LogP contribution is -2.39. The molecule has 1 fully saturated rings. The number of anilines is 1. The molecule has 3 heteroatoms. The molecule has 1 aliphatic rings. The number of aromatic nitrogens is 1. The summed E-state index contributed by atoms with van der Waals surface area (Å²) >= 11 is 6.03. The molecule has 0 atom stereocenters. The second-order valence-corrected chi connectivity index (χ2v) is 6.06. The molecule has 0 amide bonds. The van der Waals surface area contributed by atoms with Crippen LogP contribution in [0.2, 0.25) is 5.15 Å². The van der Waals surface area contributed by atoms with Gasteiger partial charge >= 0.3 is 0 Å². The van der Waals surface area contributed by atoms with E-state index in [-0.39, 0.29) is 0 Å². The van der Waals surface area contributed by atoms with Crippen molar-refractivity contribution in [1.82, 2.24) is 4.98 Å². The highest BCUT2D eigenvalue weighted by molar-refractivity contribution is 6.29. The molecule has 2 rings (SSSR count). The molecule has 1 saturated carbocycles. The molecular weight excluding hydrogens is 244 g/mol. The maximum Gasteiger partial charge on any atom is 0.131 e. The zero-order valence-corrected chi connectivity index (χ0v) is 12.2. The lowest BCUT2D eigenvalue weighted by molar-refractivity contribution is 0.401. The molecule has 2 nitrogen and oxygen atoms in total. The van der Waals surface area contributed by atoms with Gasteiger partial charge in [0.1, 0.15) is 5.15 Å². The maximum absolute atomic E-state index is 6.03. The zero-order valence-electron chi connectivity index (χ0n) is 11.4. The first-order chi connectivity index (χ1) is 8.66. The maximum atomic E-state index is 6.03. The highest BCUT2D eigenvalue weighted by Crippen LogP contribution is 2.28. The summed E-state index contributed by atoms with van der Waals surface area (Å²) in [5.41, 5.74) is 1.23. The third-order valence-electron chi connectivity index (χ3n) is 3.62. The first kappa shape index (κ1) is 13.7. The normalized spacial score (nSPS) is 17.1. The van der Waals surface area contributed by atoms with Crippen LogP contribution in [0.4, 0.5) is 5.69 Å². The molecule has 1 aromatic heterocycles. The van der Waals surface area contributed by atoms with Gasteiger partial charge in [-0.1, -0.05) is 44.7 Å². The molecule has 18 heavy (non-hydrogen) atoms. The van der Waals surface area contributed by atoms with Crippen molar-refractivity contribution in [2.75, 3.05) is 11.4 Å². The van der Waals surface area contributed by atoms with Crippen molar-refractivity contribution >= 4 is 17.3 Å². The average Bonchev–Trinajstić information content (AvgIpc) is 2.37. The summed E-state index contributed by atoms with van der Waals surface area (Å²) in [4.78, 5) is 6.62. The second-order valence-electron chi connectivity index (χ2n) is 5.67. The molecule has 0 aromatic carbocycles. The second kappa shape index (κ2) is 6.42. The molecule has 0 aliphatic heterocycles. The van der Waals surface area contributed by atoms with Gasteiger partial charge < -0.3 is 4.90 Å². The minimum atomic E-state index is 0.595. The van der Waals surface area contributed by atoms with Crippen LogP contribution in [0, 0.1) is 5.92 Å². The lowest BCUT2D eigenvalue weighted by Gasteiger charge is -2.37. The topological polar surface area (TPSA) is 16.1 Å². The Morgan fingerprint density at radius 2 is 2.06 bits per heavy atom. The molecule has 0 spiro atoms. The van der Waals surface area contributed by atoms with Crippen molar-refractivity contribution in [2.45, 2.75) is 52.0 Å². The van der Waals surface area contributed by atoms with Crippen molar-refractivity contribution in [3.63, 3.8) is 0 Å². The Labute approximate surface area is 115 Å². The number of nitrogens with zero attached hydrogens (tertiary/aromatic N) is 2. The molecule has 100 valence electrons. The van der Waals surface area contributed by atoms with Crippen LogP contribution in [0.15, 0.2) is 18.3 Å². The van der Waals surface area contributed by atoms with Crippen LogP contribution in [0.1, 0.15) is 46.0 Å². The summed E-state index contributed by atoms with van der Waals surface area (Å²) in [6.07, 6.45) is 8.55. The number of halogens is 1. The van der Waals surface area contributed by atoms with Crippen LogP contribution in [0.3, 0.4) is 0 Å². The molecule has 0 radical (unpaired) electrons. The quantitative estimate of drug-likeness (QED) is 0.745. The molecular formula is C15H23ClN2. The van der Waals surface area contributed by atoms with E-state index in [9.17, 15) is 0 Å². The summed E-state index contributed by atoms with van der Waals surface area (Å²) in [5, 5.41) is 0.595. The van der Waals surface area contributed by atoms with Crippen molar-refractivity contribution in [2.24, 2.45) is 5.92 Å². The van der Waals surface area contributed by atoms with Crippen molar-refractivity contribution in [3.8, 4) is 0 Å². The molecule has 0 N–H and O–H groups in total. The SMILES string of the molecule is CC(C)CN(c1ccnc(Cl)c1)C1CCCCC1. The van der Waals surface area contributed by atoms with Gasteiger partial charge in [-0.3, -0.25) is 0 Å². The Morgan fingerprint density at radius 1 is 1.33 bits per heavy atom. The van der Waals surface area contributed by atoms with Gasteiger partial charge in [0.05, 0.1) is 0 Å². The van der Waals surface area contributed by atoms with Crippen molar-refractivity contribution in [1.29, 1.82) is 0 Å². The summed E-state index contributed by atoms with van der Waals surface area (Å²) in [7, 11) is 0. The molecule has 1 heterocycles. The van der Waals surface area contributed by atoms with Crippen LogP contribution in [-0.4, -0.2) is 17.6 Å². The standard InChI is InChI=1S/C15H23ClN2/c1-12(2)11-18(13-6-4-3-5-7-13)14-8-9-17-15(16)10-14/h8-10,12-13H,3-7,11H2,1-2H3. The summed E-state index contributed by atoms with van der Waals surface area (Å²) in [5.74, 6) is 0.666. The number of rotatable bonds is 4. The van der Waals surface area contributed by atoms with Gasteiger partial charge in [0.25, 0.3) is 0 Å². The van der Waals surface area contributed by atoms with Crippen LogP contribution in [0.25, 0.3) is 0 Å². The summed E-state index contributed by atoms with van der Waals surface area (Å²) in [6.45, 7) is 5.66. The minimum absolute atomic E-state index is 0.595. The van der Waals surface area contributed by atoms with Gasteiger partial charge in [-0.15, -0.1) is 0 Å². The number of hydrogen-bond donors (Lipinski definition) is 0. The van der Waals surface area contributed by atoms with Gasteiger partial charge in [-0.05, 0) is 30.9 Å². The third-order valence-corrected chi connectivity index (χ3v) is 3.83. The fourth-order valence-corrected chi connectivity index (χ4v) is 2.99. The average molecular weight is 267 g/mol. The Bertz CT molecular complexity index is 373. The van der Waals surface area contributed by atoms with Crippen LogP contribution in [0.5, 0.6) is 0 Å². The van der Waals surface area contributed by atoms with Crippen molar-refractivity contribution < 1.29 is 0 Å².